The molecule has 146 valence electrons. The summed E-state index contributed by atoms with van der Waals surface area (Å²) in [6, 6.07) is 15.5. The van der Waals surface area contributed by atoms with E-state index in [0.717, 1.165) is 40.4 Å². The number of imidazole rings is 1. The summed E-state index contributed by atoms with van der Waals surface area (Å²) in [4.78, 5) is 22.4. The van der Waals surface area contributed by atoms with Gasteiger partial charge < -0.3 is 20.5 Å². The van der Waals surface area contributed by atoms with Gasteiger partial charge in [0, 0.05) is 25.5 Å². The summed E-state index contributed by atoms with van der Waals surface area (Å²) in [6.07, 6.45) is 2.53. The Kier molecular flexibility index (Phi) is 5.99. The Bertz CT molecular complexity index is 933. The zero-order valence-electron chi connectivity index (χ0n) is 16.8. The molecule has 3 aromatic rings. The molecule has 3 rings (SSSR count). The van der Waals surface area contributed by atoms with E-state index in [4.69, 9.17) is 0 Å². The summed E-state index contributed by atoms with van der Waals surface area (Å²) >= 11 is 0. The lowest BCUT2D eigenvalue weighted by molar-refractivity contribution is 0.247. The fraction of sp³-hybridized carbons (Fsp3) is 0.273. The predicted octanol–water partition coefficient (Wildman–Crippen LogP) is 4.72. The fourth-order valence-electron chi connectivity index (χ4n) is 3.02. The highest BCUT2D eigenvalue weighted by Gasteiger charge is 2.17. The zero-order valence-corrected chi connectivity index (χ0v) is 16.8. The molecule has 3 N–H and O–H groups in total. The van der Waals surface area contributed by atoms with Crippen molar-refractivity contribution in [2.24, 2.45) is 0 Å². The largest absolute Gasteiger partial charge is 0.378 e. The van der Waals surface area contributed by atoms with E-state index in [1.807, 2.05) is 81.4 Å². The van der Waals surface area contributed by atoms with Crippen LogP contribution in [-0.2, 0) is 0 Å². The highest BCUT2D eigenvalue weighted by atomic mass is 16.2. The van der Waals surface area contributed by atoms with Gasteiger partial charge in [-0.2, -0.15) is 0 Å². The summed E-state index contributed by atoms with van der Waals surface area (Å²) in [5.41, 5.74) is 4.91. The minimum atomic E-state index is -0.245. The number of hydrogen-bond donors (Lipinski definition) is 3. The molecule has 0 aliphatic rings. The molecule has 28 heavy (non-hydrogen) atoms. The van der Waals surface area contributed by atoms with Crippen molar-refractivity contribution >= 4 is 17.4 Å². The van der Waals surface area contributed by atoms with Crippen LogP contribution in [0.1, 0.15) is 30.8 Å². The van der Waals surface area contributed by atoms with E-state index >= 15 is 0 Å². The molecule has 0 bridgehead atoms. The minimum absolute atomic E-state index is 0.196. The lowest BCUT2D eigenvalue weighted by Crippen LogP contribution is -2.33. The third-order valence-electron chi connectivity index (χ3n) is 4.70. The van der Waals surface area contributed by atoms with Gasteiger partial charge in [0.2, 0.25) is 0 Å². The molecule has 0 spiro atoms. The van der Waals surface area contributed by atoms with Crippen molar-refractivity contribution in [1.29, 1.82) is 0 Å². The summed E-state index contributed by atoms with van der Waals surface area (Å²) < 4.78 is 0. The molecule has 1 aromatic heterocycles. The standard InChI is InChI=1S/C22H27N5O/c1-5-18(21-23-14-20(24-21)16-9-7-6-8-10-16)25-22(28)26-19-12-11-17(27(3)4)13-15(19)2/h6-14,18H,5H2,1-4H3,(H,23,24)(H2,25,26,28)/t18-/m0/s1. The van der Waals surface area contributed by atoms with Crippen LogP contribution in [0, 0.1) is 6.92 Å². The van der Waals surface area contributed by atoms with E-state index < -0.39 is 0 Å². The number of amides is 2. The molecule has 0 saturated heterocycles. The lowest BCUT2D eigenvalue weighted by Gasteiger charge is -2.18. The number of urea groups is 1. The molecule has 1 atom stereocenters. The maximum Gasteiger partial charge on any atom is 0.319 e. The normalized spacial score (nSPS) is 11.7. The quantitative estimate of drug-likeness (QED) is 0.582. The number of anilines is 2. The van der Waals surface area contributed by atoms with Crippen LogP contribution in [0.4, 0.5) is 16.2 Å². The van der Waals surface area contributed by atoms with E-state index in [-0.39, 0.29) is 12.1 Å². The summed E-state index contributed by atoms with van der Waals surface area (Å²) in [5, 5.41) is 5.95. The Hall–Kier alpha value is -3.28. The van der Waals surface area contributed by atoms with Crippen molar-refractivity contribution < 1.29 is 4.79 Å². The van der Waals surface area contributed by atoms with Gasteiger partial charge in [-0.1, -0.05) is 37.3 Å². The van der Waals surface area contributed by atoms with Gasteiger partial charge in [0.05, 0.1) is 17.9 Å². The Morgan fingerprint density at radius 2 is 1.93 bits per heavy atom. The van der Waals surface area contributed by atoms with E-state index in [0.29, 0.717) is 0 Å². The number of aryl methyl sites for hydroxylation is 1. The molecule has 0 aliphatic carbocycles. The van der Waals surface area contributed by atoms with Crippen LogP contribution in [0.5, 0.6) is 0 Å². The van der Waals surface area contributed by atoms with Crippen LogP contribution < -0.4 is 15.5 Å². The number of nitrogens with one attached hydrogen (secondary N) is 3. The molecular weight excluding hydrogens is 350 g/mol. The van der Waals surface area contributed by atoms with Crippen LogP contribution in [-0.4, -0.2) is 30.1 Å². The predicted molar refractivity (Wildman–Crippen MR) is 115 cm³/mol. The molecular formula is C22H27N5O. The molecule has 0 aliphatic heterocycles. The number of H-pyrrole nitrogens is 1. The van der Waals surface area contributed by atoms with Crippen LogP contribution in [0.3, 0.4) is 0 Å². The highest BCUT2D eigenvalue weighted by molar-refractivity contribution is 5.90. The van der Waals surface area contributed by atoms with Crippen molar-refractivity contribution in [3.63, 3.8) is 0 Å². The third kappa shape index (κ3) is 4.52. The average Bonchev–Trinajstić information content (AvgIpc) is 3.18. The number of aromatic amines is 1. The molecule has 0 saturated carbocycles. The Balaban J connectivity index is 1.68. The van der Waals surface area contributed by atoms with Crippen LogP contribution in [0.15, 0.2) is 54.7 Å². The van der Waals surface area contributed by atoms with Gasteiger partial charge in [-0.25, -0.2) is 9.78 Å². The van der Waals surface area contributed by atoms with Gasteiger partial charge in [-0.15, -0.1) is 0 Å². The van der Waals surface area contributed by atoms with Crippen LogP contribution in [0.25, 0.3) is 11.3 Å². The van der Waals surface area contributed by atoms with Gasteiger partial charge in [0.1, 0.15) is 5.82 Å². The number of aromatic nitrogens is 2. The van der Waals surface area contributed by atoms with Crippen LogP contribution >= 0.6 is 0 Å². The topological polar surface area (TPSA) is 73.1 Å². The second-order valence-electron chi connectivity index (χ2n) is 7.00. The van der Waals surface area contributed by atoms with Crippen molar-refractivity contribution in [2.45, 2.75) is 26.3 Å². The summed E-state index contributed by atoms with van der Waals surface area (Å²) in [5.74, 6) is 0.746. The van der Waals surface area contributed by atoms with E-state index in [1.54, 1.807) is 6.20 Å². The maximum absolute atomic E-state index is 12.5. The average molecular weight is 377 g/mol. The molecule has 1 heterocycles. The Morgan fingerprint density at radius 3 is 2.57 bits per heavy atom. The van der Waals surface area contributed by atoms with Crippen molar-refractivity contribution in [1.82, 2.24) is 15.3 Å². The molecule has 0 radical (unpaired) electrons. The first-order valence-corrected chi connectivity index (χ1v) is 9.43. The number of rotatable bonds is 6. The minimum Gasteiger partial charge on any atom is -0.378 e. The van der Waals surface area contributed by atoms with E-state index in [1.165, 1.54) is 0 Å². The first-order valence-electron chi connectivity index (χ1n) is 9.43. The van der Waals surface area contributed by atoms with Gasteiger partial charge in [-0.3, -0.25) is 0 Å². The van der Waals surface area contributed by atoms with Gasteiger partial charge in [0.15, 0.2) is 0 Å². The van der Waals surface area contributed by atoms with Gasteiger partial charge >= 0.3 is 6.03 Å². The summed E-state index contributed by atoms with van der Waals surface area (Å²) in [6.45, 7) is 4.01. The van der Waals surface area contributed by atoms with Crippen molar-refractivity contribution in [2.75, 3.05) is 24.3 Å². The van der Waals surface area contributed by atoms with E-state index in [9.17, 15) is 4.79 Å². The van der Waals surface area contributed by atoms with Gasteiger partial charge in [0.25, 0.3) is 0 Å². The SMILES string of the molecule is CC[C@H](NC(=O)Nc1ccc(N(C)C)cc1C)c1ncc(-c2ccccc2)[nH]1. The van der Waals surface area contributed by atoms with E-state index in [2.05, 4.69) is 20.6 Å². The summed E-state index contributed by atoms with van der Waals surface area (Å²) in [7, 11) is 3.99. The molecule has 6 heteroatoms. The molecule has 0 unspecified atom stereocenters. The van der Waals surface area contributed by atoms with Crippen LogP contribution in [0.2, 0.25) is 0 Å². The number of carbonyl (C=O) groups is 1. The van der Waals surface area contributed by atoms with Crippen molar-refractivity contribution in [3.05, 3.63) is 66.1 Å². The second kappa shape index (κ2) is 8.61. The first kappa shape index (κ1) is 19.5. The molecule has 6 nitrogen and oxygen atoms in total. The Labute approximate surface area is 166 Å². The lowest BCUT2D eigenvalue weighted by atomic mass is 10.1. The number of nitrogens with zero attached hydrogens (tertiary/aromatic N) is 2. The zero-order chi connectivity index (χ0) is 20.1. The third-order valence-corrected chi connectivity index (χ3v) is 4.70. The fourth-order valence-corrected chi connectivity index (χ4v) is 3.02. The Morgan fingerprint density at radius 1 is 1.18 bits per heavy atom. The molecule has 0 fully saturated rings. The number of benzene rings is 2. The smallest absolute Gasteiger partial charge is 0.319 e. The monoisotopic (exact) mass is 377 g/mol. The first-order chi connectivity index (χ1) is 13.5. The maximum atomic E-state index is 12.5. The molecule has 2 amide bonds. The van der Waals surface area contributed by atoms with Gasteiger partial charge in [-0.05, 0) is 42.7 Å². The van der Waals surface area contributed by atoms with Crippen molar-refractivity contribution in [3.8, 4) is 11.3 Å². The highest BCUT2D eigenvalue weighted by Crippen LogP contribution is 2.23. The number of carbonyl (C=O) groups excluding carboxylic acids is 1. The molecule has 2 aromatic carbocycles. The number of hydrogen-bond acceptors (Lipinski definition) is 3. The second-order valence-corrected chi connectivity index (χ2v) is 7.00.